The Bertz CT molecular complexity index is 1270. The minimum atomic E-state index is -3.92. The molecule has 3 aromatic rings. The SMILES string of the molecule is CC(C)c1ccc(N(CC(=O)NCc2cccc(CN3CCCCC3)c2)S(=O)(=O)c2ccccc2)cc1. The van der Waals surface area contributed by atoms with Crippen molar-refractivity contribution in [1.82, 2.24) is 10.2 Å². The Morgan fingerprint density at radius 1 is 0.892 bits per heavy atom. The highest BCUT2D eigenvalue weighted by atomic mass is 32.2. The van der Waals surface area contributed by atoms with Gasteiger partial charge in [0.1, 0.15) is 6.54 Å². The van der Waals surface area contributed by atoms with E-state index in [2.05, 4.69) is 36.2 Å². The van der Waals surface area contributed by atoms with Gasteiger partial charge in [-0.3, -0.25) is 14.0 Å². The molecule has 0 unspecified atom stereocenters. The number of amides is 1. The second kappa shape index (κ2) is 12.4. The lowest BCUT2D eigenvalue weighted by atomic mass is 10.0. The number of carbonyl (C=O) groups excluding carboxylic acids is 1. The van der Waals surface area contributed by atoms with Gasteiger partial charge in [0.25, 0.3) is 10.0 Å². The summed E-state index contributed by atoms with van der Waals surface area (Å²) in [4.78, 5) is 15.7. The average Bonchev–Trinajstić information content (AvgIpc) is 2.92. The molecular weight excluding hydrogens is 482 g/mol. The summed E-state index contributed by atoms with van der Waals surface area (Å²) < 4.78 is 28.3. The van der Waals surface area contributed by atoms with Crippen molar-refractivity contribution in [1.29, 1.82) is 0 Å². The number of anilines is 1. The van der Waals surface area contributed by atoms with Crippen LogP contribution in [0, 0.1) is 0 Å². The molecule has 37 heavy (non-hydrogen) atoms. The molecule has 0 atom stereocenters. The van der Waals surface area contributed by atoms with Gasteiger partial charge in [0.2, 0.25) is 5.91 Å². The second-order valence-electron chi connectivity index (χ2n) is 10.0. The van der Waals surface area contributed by atoms with E-state index in [4.69, 9.17) is 0 Å². The number of hydrogen-bond donors (Lipinski definition) is 1. The molecular formula is C30H37N3O3S. The van der Waals surface area contributed by atoms with Gasteiger partial charge in [-0.25, -0.2) is 8.42 Å². The largest absolute Gasteiger partial charge is 0.350 e. The van der Waals surface area contributed by atoms with Gasteiger partial charge < -0.3 is 5.32 Å². The van der Waals surface area contributed by atoms with E-state index < -0.39 is 10.0 Å². The molecule has 4 rings (SSSR count). The molecule has 0 aliphatic carbocycles. The molecule has 0 radical (unpaired) electrons. The lowest BCUT2D eigenvalue weighted by molar-refractivity contribution is -0.119. The minimum Gasteiger partial charge on any atom is -0.350 e. The molecule has 0 spiro atoms. The van der Waals surface area contributed by atoms with E-state index in [0.29, 0.717) is 18.2 Å². The van der Waals surface area contributed by atoms with Gasteiger partial charge in [-0.05, 0) is 72.8 Å². The van der Waals surface area contributed by atoms with Crippen LogP contribution in [0.1, 0.15) is 55.7 Å². The van der Waals surface area contributed by atoms with Crippen LogP contribution in [-0.2, 0) is 27.9 Å². The number of sulfonamides is 1. The Kier molecular flexibility index (Phi) is 9.00. The zero-order valence-electron chi connectivity index (χ0n) is 21.8. The van der Waals surface area contributed by atoms with Crippen LogP contribution in [0.15, 0.2) is 83.8 Å². The number of benzene rings is 3. The summed E-state index contributed by atoms with van der Waals surface area (Å²) in [7, 11) is -3.92. The van der Waals surface area contributed by atoms with Gasteiger partial charge in [-0.2, -0.15) is 0 Å². The van der Waals surface area contributed by atoms with Crippen molar-refractivity contribution in [2.24, 2.45) is 0 Å². The Hall–Kier alpha value is -3.16. The van der Waals surface area contributed by atoms with Crippen LogP contribution >= 0.6 is 0 Å². The molecule has 3 aromatic carbocycles. The molecule has 1 aliphatic rings. The average molecular weight is 520 g/mol. The number of rotatable bonds is 10. The lowest BCUT2D eigenvalue weighted by Gasteiger charge is -2.26. The zero-order chi connectivity index (χ0) is 26.3. The van der Waals surface area contributed by atoms with E-state index in [0.717, 1.165) is 30.8 Å². The molecule has 1 heterocycles. The molecule has 1 aliphatic heterocycles. The van der Waals surface area contributed by atoms with Crippen molar-refractivity contribution in [2.75, 3.05) is 23.9 Å². The number of nitrogens with one attached hydrogen (secondary N) is 1. The maximum Gasteiger partial charge on any atom is 0.264 e. The Morgan fingerprint density at radius 3 is 2.24 bits per heavy atom. The fourth-order valence-electron chi connectivity index (χ4n) is 4.66. The van der Waals surface area contributed by atoms with Gasteiger partial charge >= 0.3 is 0 Å². The quantitative estimate of drug-likeness (QED) is 0.394. The molecule has 1 saturated heterocycles. The first kappa shape index (κ1) is 26.9. The number of carbonyl (C=O) groups is 1. The van der Waals surface area contributed by atoms with Crippen LogP contribution in [0.2, 0.25) is 0 Å². The Morgan fingerprint density at radius 2 is 1.57 bits per heavy atom. The van der Waals surface area contributed by atoms with Gasteiger partial charge in [0.15, 0.2) is 0 Å². The van der Waals surface area contributed by atoms with E-state index in [1.165, 1.54) is 29.1 Å². The van der Waals surface area contributed by atoms with Crippen LogP contribution in [-0.4, -0.2) is 38.9 Å². The van der Waals surface area contributed by atoms with Crippen LogP contribution in [0.5, 0.6) is 0 Å². The predicted molar refractivity (Wildman–Crippen MR) is 149 cm³/mol. The zero-order valence-corrected chi connectivity index (χ0v) is 22.6. The van der Waals surface area contributed by atoms with Crippen molar-refractivity contribution in [2.45, 2.75) is 57.0 Å². The second-order valence-corrected chi connectivity index (χ2v) is 11.9. The number of nitrogens with zero attached hydrogens (tertiary/aromatic N) is 2. The maximum atomic E-state index is 13.5. The van der Waals surface area contributed by atoms with E-state index in [9.17, 15) is 13.2 Å². The summed E-state index contributed by atoms with van der Waals surface area (Å²) in [6.45, 7) is 7.39. The molecule has 0 saturated carbocycles. The van der Waals surface area contributed by atoms with Crippen molar-refractivity contribution in [3.05, 3.63) is 95.6 Å². The molecule has 7 heteroatoms. The third kappa shape index (κ3) is 7.21. The molecule has 0 bridgehead atoms. The lowest BCUT2D eigenvalue weighted by Crippen LogP contribution is -2.40. The topological polar surface area (TPSA) is 69.7 Å². The summed E-state index contributed by atoms with van der Waals surface area (Å²) in [5.74, 6) is -0.0314. The van der Waals surface area contributed by atoms with Crippen LogP contribution in [0.3, 0.4) is 0 Å². The predicted octanol–water partition coefficient (Wildman–Crippen LogP) is 5.31. The fourth-order valence-corrected chi connectivity index (χ4v) is 6.10. The molecule has 6 nitrogen and oxygen atoms in total. The summed E-state index contributed by atoms with van der Waals surface area (Å²) in [6, 6.07) is 23.9. The molecule has 1 amide bonds. The summed E-state index contributed by atoms with van der Waals surface area (Å²) >= 11 is 0. The number of likely N-dealkylation sites (tertiary alicyclic amines) is 1. The van der Waals surface area contributed by atoms with Crippen molar-refractivity contribution in [3.63, 3.8) is 0 Å². The Labute approximate surface area is 221 Å². The van der Waals surface area contributed by atoms with Crippen LogP contribution in [0.4, 0.5) is 5.69 Å². The standard InChI is InChI=1S/C30H37N3O3S/c1-24(2)27-14-16-28(17-15-27)33(37(35,36)29-12-5-3-6-13-29)23-30(34)31-21-25-10-9-11-26(20-25)22-32-18-7-4-8-19-32/h3,5-6,9-17,20,24H,4,7-8,18-19,21-23H2,1-2H3,(H,31,34). The summed E-state index contributed by atoms with van der Waals surface area (Å²) in [6.07, 6.45) is 3.80. The van der Waals surface area contributed by atoms with E-state index >= 15 is 0 Å². The number of piperidine rings is 1. The van der Waals surface area contributed by atoms with Crippen LogP contribution in [0.25, 0.3) is 0 Å². The first-order valence-electron chi connectivity index (χ1n) is 13.1. The van der Waals surface area contributed by atoms with E-state index in [1.54, 1.807) is 42.5 Å². The molecule has 0 aromatic heterocycles. The highest BCUT2D eigenvalue weighted by Crippen LogP contribution is 2.26. The van der Waals surface area contributed by atoms with Crippen molar-refractivity contribution in [3.8, 4) is 0 Å². The van der Waals surface area contributed by atoms with Crippen molar-refractivity contribution < 1.29 is 13.2 Å². The molecule has 1 N–H and O–H groups in total. The first-order chi connectivity index (χ1) is 17.8. The van der Waals surface area contributed by atoms with E-state index in [-0.39, 0.29) is 17.3 Å². The van der Waals surface area contributed by atoms with Gasteiger partial charge in [-0.1, -0.05) is 74.9 Å². The van der Waals surface area contributed by atoms with Gasteiger partial charge in [0.05, 0.1) is 10.6 Å². The number of hydrogen-bond acceptors (Lipinski definition) is 4. The highest BCUT2D eigenvalue weighted by molar-refractivity contribution is 7.92. The summed E-state index contributed by atoms with van der Waals surface area (Å²) in [5.41, 5.74) is 3.80. The first-order valence-corrected chi connectivity index (χ1v) is 14.5. The fraction of sp³-hybridized carbons (Fsp3) is 0.367. The molecule has 1 fully saturated rings. The highest BCUT2D eigenvalue weighted by Gasteiger charge is 2.27. The smallest absolute Gasteiger partial charge is 0.264 e. The molecule has 196 valence electrons. The summed E-state index contributed by atoms with van der Waals surface area (Å²) in [5, 5.41) is 2.92. The van der Waals surface area contributed by atoms with E-state index in [1.807, 2.05) is 24.3 Å². The third-order valence-electron chi connectivity index (χ3n) is 6.80. The van der Waals surface area contributed by atoms with Gasteiger partial charge in [-0.15, -0.1) is 0 Å². The van der Waals surface area contributed by atoms with Gasteiger partial charge in [0, 0.05) is 13.1 Å². The minimum absolute atomic E-state index is 0.154. The van der Waals surface area contributed by atoms with Crippen LogP contribution < -0.4 is 9.62 Å². The monoisotopic (exact) mass is 519 g/mol. The third-order valence-corrected chi connectivity index (χ3v) is 8.59. The normalized spacial score (nSPS) is 14.5. The van der Waals surface area contributed by atoms with Crippen molar-refractivity contribution >= 4 is 21.6 Å². The maximum absolute atomic E-state index is 13.5. The Balaban J connectivity index is 1.47.